The molecule has 0 aromatic rings. The van der Waals surface area contributed by atoms with Crippen LogP contribution in [0.15, 0.2) is 0 Å². The maximum absolute atomic E-state index is 5.54. The SMILES string of the molecule is C#CC(NC1CC(C)(C)C1)C(C)(C)C. The van der Waals surface area contributed by atoms with E-state index in [4.69, 9.17) is 6.42 Å². The predicted molar refractivity (Wildman–Crippen MR) is 62.0 cm³/mol. The molecule has 1 saturated carbocycles. The van der Waals surface area contributed by atoms with Crippen molar-refractivity contribution in [2.45, 2.75) is 59.5 Å². The molecule has 1 N–H and O–H groups in total. The Balaban J connectivity index is 2.42. The molecule has 1 atom stereocenters. The van der Waals surface area contributed by atoms with Gasteiger partial charge in [0.15, 0.2) is 0 Å². The van der Waals surface area contributed by atoms with E-state index in [9.17, 15) is 0 Å². The van der Waals surface area contributed by atoms with Crippen LogP contribution in [-0.4, -0.2) is 12.1 Å². The van der Waals surface area contributed by atoms with Gasteiger partial charge in [0.2, 0.25) is 0 Å². The van der Waals surface area contributed by atoms with Crippen LogP contribution in [0.2, 0.25) is 0 Å². The van der Waals surface area contributed by atoms with Crippen LogP contribution in [0.5, 0.6) is 0 Å². The van der Waals surface area contributed by atoms with Crippen LogP contribution in [0.25, 0.3) is 0 Å². The van der Waals surface area contributed by atoms with E-state index in [2.05, 4.69) is 45.9 Å². The molecule has 0 aromatic heterocycles. The molecule has 1 aliphatic rings. The van der Waals surface area contributed by atoms with Crippen molar-refractivity contribution in [2.24, 2.45) is 10.8 Å². The van der Waals surface area contributed by atoms with Crippen molar-refractivity contribution in [2.75, 3.05) is 0 Å². The Morgan fingerprint density at radius 3 is 2.14 bits per heavy atom. The average Bonchev–Trinajstić information content (AvgIpc) is 1.93. The molecule has 1 fully saturated rings. The Kier molecular flexibility index (Phi) is 2.97. The summed E-state index contributed by atoms with van der Waals surface area (Å²) >= 11 is 0. The van der Waals surface area contributed by atoms with Crippen molar-refractivity contribution >= 4 is 0 Å². The minimum absolute atomic E-state index is 0.161. The molecule has 1 aliphatic carbocycles. The van der Waals surface area contributed by atoms with E-state index in [1.54, 1.807) is 0 Å². The zero-order valence-electron chi connectivity index (χ0n) is 10.1. The fourth-order valence-electron chi connectivity index (χ4n) is 2.18. The van der Waals surface area contributed by atoms with E-state index < -0.39 is 0 Å². The van der Waals surface area contributed by atoms with Gasteiger partial charge < -0.3 is 5.32 Å². The van der Waals surface area contributed by atoms with Gasteiger partial charge in [0, 0.05) is 6.04 Å². The first kappa shape index (κ1) is 11.6. The monoisotopic (exact) mass is 193 g/mol. The van der Waals surface area contributed by atoms with Crippen LogP contribution >= 0.6 is 0 Å². The first-order chi connectivity index (χ1) is 6.24. The fourth-order valence-corrected chi connectivity index (χ4v) is 2.18. The highest BCUT2D eigenvalue weighted by atomic mass is 15.0. The lowest BCUT2D eigenvalue weighted by Gasteiger charge is -2.45. The van der Waals surface area contributed by atoms with E-state index in [1.807, 2.05) is 0 Å². The summed E-state index contributed by atoms with van der Waals surface area (Å²) in [7, 11) is 0. The van der Waals surface area contributed by atoms with Gasteiger partial charge in [0.25, 0.3) is 0 Å². The third-order valence-electron chi connectivity index (χ3n) is 3.03. The third-order valence-corrected chi connectivity index (χ3v) is 3.03. The minimum atomic E-state index is 0.161. The molecule has 0 bridgehead atoms. The average molecular weight is 193 g/mol. The number of hydrogen-bond donors (Lipinski definition) is 1. The number of nitrogens with one attached hydrogen (secondary N) is 1. The summed E-state index contributed by atoms with van der Waals surface area (Å²) < 4.78 is 0. The van der Waals surface area contributed by atoms with Gasteiger partial charge in [-0.25, -0.2) is 0 Å². The lowest BCUT2D eigenvalue weighted by molar-refractivity contribution is 0.108. The number of terminal acetylenes is 1. The topological polar surface area (TPSA) is 12.0 Å². The van der Waals surface area contributed by atoms with Crippen LogP contribution in [0.3, 0.4) is 0 Å². The van der Waals surface area contributed by atoms with E-state index in [0.29, 0.717) is 11.5 Å². The fraction of sp³-hybridized carbons (Fsp3) is 0.846. The molecule has 0 saturated heterocycles. The van der Waals surface area contributed by atoms with Gasteiger partial charge in [0.1, 0.15) is 0 Å². The molecule has 0 aliphatic heterocycles. The molecular weight excluding hydrogens is 170 g/mol. The highest BCUT2D eigenvalue weighted by Gasteiger charge is 2.38. The van der Waals surface area contributed by atoms with Gasteiger partial charge in [-0.15, -0.1) is 6.42 Å². The molecule has 14 heavy (non-hydrogen) atoms. The molecule has 0 radical (unpaired) electrons. The summed E-state index contributed by atoms with van der Waals surface area (Å²) in [6.45, 7) is 11.2. The summed E-state index contributed by atoms with van der Waals surface area (Å²) in [6, 6.07) is 0.828. The van der Waals surface area contributed by atoms with Crippen LogP contribution in [0, 0.1) is 23.2 Å². The van der Waals surface area contributed by atoms with E-state index in [-0.39, 0.29) is 11.5 Å². The van der Waals surface area contributed by atoms with Gasteiger partial charge in [0.05, 0.1) is 6.04 Å². The molecule has 80 valence electrons. The molecule has 1 unspecified atom stereocenters. The third kappa shape index (κ3) is 2.75. The maximum Gasteiger partial charge on any atom is 0.0738 e. The molecule has 0 amide bonds. The van der Waals surface area contributed by atoms with Gasteiger partial charge >= 0.3 is 0 Å². The second-order valence-electron chi connectivity index (χ2n) is 6.40. The lowest BCUT2D eigenvalue weighted by Crippen LogP contribution is -2.52. The second-order valence-corrected chi connectivity index (χ2v) is 6.40. The van der Waals surface area contributed by atoms with Gasteiger partial charge in [-0.3, -0.25) is 0 Å². The number of rotatable bonds is 2. The van der Waals surface area contributed by atoms with Crippen molar-refractivity contribution in [1.82, 2.24) is 5.32 Å². The first-order valence-corrected chi connectivity index (χ1v) is 5.47. The molecular formula is C13H23N. The van der Waals surface area contributed by atoms with Crippen LogP contribution in [0.1, 0.15) is 47.5 Å². The predicted octanol–water partition coefficient (Wildman–Crippen LogP) is 2.81. The smallest absolute Gasteiger partial charge is 0.0738 e. The number of hydrogen-bond acceptors (Lipinski definition) is 1. The molecule has 1 rings (SSSR count). The van der Waals surface area contributed by atoms with Gasteiger partial charge in [-0.05, 0) is 23.7 Å². The minimum Gasteiger partial charge on any atom is -0.300 e. The Labute approximate surface area is 88.7 Å². The van der Waals surface area contributed by atoms with E-state index >= 15 is 0 Å². The quantitative estimate of drug-likeness (QED) is 0.665. The van der Waals surface area contributed by atoms with Crippen molar-refractivity contribution in [3.63, 3.8) is 0 Å². The highest BCUT2D eigenvalue weighted by molar-refractivity contribution is 5.07. The summed E-state index contributed by atoms with van der Waals surface area (Å²) in [6.07, 6.45) is 8.04. The molecule has 0 spiro atoms. The lowest BCUT2D eigenvalue weighted by atomic mass is 9.68. The molecule has 1 heteroatoms. The molecule has 1 nitrogen and oxygen atoms in total. The van der Waals surface area contributed by atoms with E-state index in [1.165, 1.54) is 12.8 Å². The normalized spacial score (nSPS) is 23.7. The Bertz CT molecular complexity index is 231. The van der Waals surface area contributed by atoms with Crippen molar-refractivity contribution < 1.29 is 0 Å². The van der Waals surface area contributed by atoms with Crippen molar-refractivity contribution in [3.8, 4) is 12.3 Å². The van der Waals surface area contributed by atoms with Crippen LogP contribution in [0.4, 0.5) is 0 Å². The second kappa shape index (κ2) is 3.59. The Hall–Kier alpha value is -0.480. The largest absolute Gasteiger partial charge is 0.300 e. The van der Waals surface area contributed by atoms with Crippen molar-refractivity contribution in [1.29, 1.82) is 0 Å². The van der Waals surface area contributed by atoms with Crippen LogP contribution in [-0.2, 0) is 0 Å². The zero-order chi connectivity index (χ0) is 11.0. The van der Waals surface area contributed by atoms with Crippen LogP contribution < -0.4 is 5.32 Å². The van der Waals surface area contributed by atoms with Gasteiger partial charge in [-0.1, -0.05) is 40.5 Å². The van der Waals surface area contributed by atoms with Crippen molar-refractivity contribution in [3.05, 3.63) is 0 Å². The Morgan fingerprint density at radius 1 is 1.36 bits per heavy atom. The summed E-state index contributed by atoms with van der Waals surface area (Å²) in [4.78, 5) is 0. The first-order valence-electron chi connectivity index (χ1n) is 5.47. The molecule has 0 heterocycles. The summed E-state index contributed by atoms with van der Waals surface area (Å²) in [5.41, 5.74) is 0.684. The zero-order valence-corrected chi connectivity index (χ0v) is 10.1. The van der Waals surface area contributed by atoms with Gasteiger partial charge in [-0.2, -0.15) is 0 Å². The molecule has 0 aromatic carbocycles. The highest BCUT2D eigenvalue weighted by Crippen LogP contribution is 2.40. The summed E-state index contributed by atoms with van der Waals surface area (Å²) in [5.74, 6) is 2.86. The maximum atomic E-state index is 5.54. The Morgan fingerprint density at radius 2 is 1.86 bits per heavy atom. The standard InChI is InChI=1S/C13H23N/c1-7-11(12(2,3)4)14-10-8-13(5,6)9-10/h1,10-11,14H,8-9H2,2-6H3. The summed E-state index contributed by atoms with van der Waals surface area (Å²) in [5, 5.41) is 3.56. The van der Waals surface area contributed by atoms with E-state index in [0.717, 1.165) is 0 Å².